The van der Waals surface area contributed by atoms with Crippen LogP contribution in [0.2, 0.25) is 0 Å². The van der Waals surface area contributed by atoms with Crippen molar-refractivity contribution < 1.29 is 13.2 Å². The predicted octanol–water partition coefficient (Wildman–Crippen LogP) is 3.55. The molecular weight excluding hydrogens is 251 g/mol. The largest absolute Gasteiger partial charge is 0.445 e. The maximum atomic E-state index is 12.3. The van der Waals surface area contributed by atoms with E-state index < -0.39 is 11.2 Å². The molecule has 1 unspecified atom stereocenters. The Morgan fingerprint density at radius 2 is 2.06 bits per heavy atom. The summed E-state index contributed by atoms with van der Waals surface area (Å²) in [5.41, 5.74) is 0.101. The van der Waals surface area contributed by atoms with Crippen LogP contribution in [0.1, 0.15) is 38.1 Å². The molecule has 1 atom stereocenters. The number of halogens is 3. The van der Waals surface area contributed by atoms with Gasteiger partial charge in [0.2, 0.25) is 10.1 Å². The average Bonchev–Trinajstić information content (AvgIpc) is 2.74. The normalized spacial score (nSPS) is 23.9. The van der Waals surface area contributed by atoms with Crippen LogP contribution in [-0.4, -0.2) is 16.2 Å². The number of alkyl halides is 3. The third-order valence-electron chi connectivity index (χ3n) is 3.22. The fourth-order valence-electron chi connectivity index (χ4n) is 2.14. The van der Waals surface area contributed by atoms with Crippen molar-refractivity contribution in [1.82, 2.24) is 10.2 Å². The predicted molar refractivity (Wildman–Crippen MR) is 60.0 cm³/mol. The molecule has 1 N–H and O–H groups in total. The molecule has 0 spiro atoms. The van der Waals surface area contributed by atoms with Crippen molar-refractivity contribution in [3.8, 4) is 0 Å². The molecule has 0 amide bonds. The highest BCUT2D eigenvalue weighted by molar-refractivity contribution is 7.15. The van der Waals surface area contributed by atoms with Gasteiger partial charge in [0.05, 0.1) is 0 Å². The second-order valence-corrected chi connectivity index (χ2v) is 5.97. The van der Waals surface area contributed by atoms with Crippen molar-refractivity contribution in [1.29, 1.82) is 0 Å². The van der Waals surface area contributed by atoms with Gasteiger partial charge in [-0.1, -0.05) is 31.6 Å². The van der Waals surface area contributed by atoms with E-state index in [0.717, 1.165) is 19.3 Å². The standard InChI is InChI=1S/C10H14F3N3S/c1-9(2)5-3-4-6(9)14-8-16-15-7(17-8)10(11,12)13/h6H,3-5H2,1-2H3,(H,14,16). The van der Waals surface area contributed by atoms with Crippen LogP contribution in [0.3, 0.4) is 0 Å². The molecule has 1 aromatic heterocycles. The Hall–Kier alpha value is -0.850. The first kappa shape index (κ1) is 12.6. The molecule has 1 aromatic rings. The SMILES string of the molecule is CC1(C)CCCC1Nc1nnc(C(F)(F)F)s1. The lowest BCUT2D eigenvalue weighted by molar-refractivity contribution is -0.138. The molecule has 1 heterocycles. The molecule has 0 radical (unpaired) electrons. The fraction of sp³-hybridized carbons (Fsp3) is 0.800. The Labute approximate surface area is 101 Å². The summed E-state index contributed by atoms with van der Waals surface area (Å²) < 4.78 is 37.0. The fourth-order valence-corrected chi connectivity index (χ4v) is 2.80. The third kappa shape index (κ3) is 2.70. The van der Waals surface area contributed by atoms with Crippen LogP contribution >= 0.6 is 11.3 Å². The summed E-state index contributed by atoms with van der Waals surface area (Å²) in [5, 5.41) is 9.14. The van der Waals surface area contributed by atoms with Gasteiger partial charge in [-0.25, -0.2) is 0 Å². The zero-order valence-electron chi connectivity index (χ0n) is 9.64. The smallest absolute Gasteiger partial charge is 0.357 e. The molecular formula is C10H14F3N3S. The first-order valence-corrected chi connectivity index (χ1v) is 6.28. The number of aromatic nitrogens is 2. The van der Waals surface area contributed by atoms with Crippen LogP contribution in [0, 0.1) is 5.41 Å². The van der Waals surface area contributed by atoms with Gasteiger partial charge in [-0.05, 0) is 18.3 Å². The lowest BCUT2D eigenvalue weighted by Crippen LogP contribution is -2.30. The minimum atomic E-state index is -4.40. The third-order valence-corrected chi connectivity index (χ3v) is 4.12. The second-order valence-electron chi connectivity index (χ2n) is 4.99. The molecule has 2 rings (SSSR count). The molecule has 0 bridgehead atoms. The van der Waals surface area contributed by atoms with Crippen molar-refractivity contribution >= 4 is 16.5 Å². The lowest BCUT2D eigenvalue weighted by atomic mass is 9.87. The molecule has 7 heteroatoms. The summed E-state index contributed by atoms with van der Waals surface area (Å²) in [6, 6.07) is 0.177. The minimum absolute atomic E-state index is 0.101. The Bertz CT molecular complexity index is 400. The van der Waals surface area contributed by atoms with Gasteiger partial charge >= 0.3 is 6.18 Å². The van der Waals surface area contributed by atoms with Crippen LogP contribution < -0.4 is 5.32 Å². The second kappa shape index (κ2) is 4.12. The highest BCUT2D eigenvalue weighted by Crippen LogP contribution is 2.40. The Morgan fingerprint density at radius 3 is 2.53 bits per heavy atom. The average molecular weight is 265 g/mol. The topological polar surface area (TPSA) is 37.8 Å². The minimum Gasteiger partial charge on any atom is -0.357 e. The first-order valence-electron chi connectivity index (χ1n) is 5.46. The summed E-state index contributed by atoms with van der Waals surface area (Å²) in [4.78, 5) is 0. The highest BCUT2D eigenvalue weighted by atomic mass is 32.1. The van der Waals surface area contributed by atoms with E-state index in [2.05, 4.69) is 29.4 Å². The van der Waals surface area contributed by atoms with Crippen LogP contribution in [0.5, 0.6) is 0 Å². The summed E-state index contributed by atoms with van der Waals surface area (Å²) >= 11 is 0.569. The first-order chi connectivity index (χ1) is 7.79. The van der Waals surface area contributed by atoms with Crippen molar-refractivity contribution in [2.24, 2.45) is 5.41 Å². The van der Waals surface area contributed by atoms with Gasteiger partial charge < -0.3 is 5.32 Å². The van der Waals surface area contributed by atoms with E-state index in [1.54, 1.807) is 0 Å². The van der Waals surface area contributed by atoms with E-state index in [1.165, 1.54) is 0 Å². The molecule has 0 aromatic carbocycles. The quantitative estimate of drug-likeness (QED) is 0.888. The Kier molecular flexibility index (Phi) is 3.05. The molecule has 1 fully saturated rings. The molecule has 1 aliphatic rings. The summed E-state index contributed by atoms with van der Waals surface area (Å²) in [7, 11) is 0. The zero-order chi connectivity index (χ0) is 12.7. The number of anilines is 1. The Balaban J connectivity index is 2.07. The van der Waals surface area contributed by atoms with Gasteiger partial charge in [-0.15, -0.1) is 10.2 Å². The van der Waals surface area contributed by atoms with E-state index in [1.807, 2.05) is 0 Å². The summed E-state index contributed by atoms with van der Waals surface area (Å²) in [6.07, 6.45) is -1.26. The summed E-state index contributed by atoms with van der Waals surface area (Å²) in [5.74, 6) is 0. The lowest BCUT2D eigenvalue weighted by Gasteiger charge is -2.27. The molecule has 17 heavy (non-hydrogen) atoms. The van der Waals surface area contributed by atoms with E-state index in [-0.39, 0.29) is 16.6 Å². The van der Waals surface area contributed by atoms with Gasteiger partial charge in [0, 0.05) is 6.04 Å². The van der Waals surface area contributed by atoms with Gasteiger partial charge in [-0.2, -0.15) is 13.2 Å². The van der Waals surface area contributed by atoms with Crippen molar-refractivity contribution in [3.05, 3.63) is 5.01 Å². The maximum absolute atomic E-state index is 12.3. The van der Waals surface area contributed by atoms with Crippen LogP contribution in [0.15, 0.2) is 0 Å². The van der Waals surface area contributed by atoms with Gasteiger partial charge in [-0.3, -0.25) is 0 Å². The Morgan fingerprint density at radius 1 is 1.35 bits per heavy atom. The van der Waals surface area contributed by atoms with Crippen molar-refractivity contribution in [2.75, 3.05) is 5.32 Å². The molecule has 1 aliphatic carbocycles. The number of rotatable bonds is 2. The van der Waals surface area contributed by atoms with Crippen LogP contribution in [0.4, 0.5) is 18.3 Å². The van der Waals surface area contributed by atoms with E-state index in [9.17, 15) is 13.2 Å². The van der Waals surface area contributed by atoms with Crippen LogP contribution in [-0.2, 0) is 6.18 Å². The molecule has 0 saturated heterocycles. The molecule has 0 aliphatic heterocycles. The molecule has 1 saturated carbocycles. The molecule has 96 valence electrons. The van der Waals surface area contributed by atoms with Crippen molar-refractivity contribution in [2.45, 2.75) is 45.3 Å². The van der Waals surface area contributed by atoms with Gasteiger partial charge in [0.25, 0.3) is 0 Å². The van der Waals surface area contributed by atoms with Crippen molar-refractivity contribution in [3.63, 3.8) is 0 Å². The maximum Gasteiger partial charge on any atom is 0.445 e. The van der Waals surface area contributed by atoms with Crippen LogP contribution in [0.25, 0.3) is 0 Å². The van der Waals surface area contributed by atoms with Gasteiger partial charge in [0.15, 0.2) is 0 Å². The number of hydrogen-bond donors (Lipinski definition) is 1. The number of nitrogens with zero attached hydrogens (tertiary/aromatic N) is 2. The van der Waals surface area contributed by atoms with Gasteiger partial charge in [0.1, 0.15) is 0 Å². The zero-order valence-corrected chi connectivity index (χ0v) is 10.5. The van der Waals surface area contributed by atoms with E-state index in [4.69, 9.17) is 0 Å². The number of nitrogens with one attached hydrogen (secondary N) is 1. The summed E-state index contributed by atoms with van der Waals surface area (Å²) in [6.45, 7) is 4.23. The van der Waals surface area contributed by atoms with E-state index >= 15 is 0 Å². The molecule has 3 nitrogen and oxygen atoms in total. The highest BCUT2D eigenvalue weighted by Gasteiger charge is 2.38. The van der Waals surface area contributed by atoms with E-state index in [0.29, 0.717) is 11.3 Å². The number of hydrogen-bond acceptors (Lipinski definition) is 4. The monoisotopic (exact) mass is 265 g/mol.